The molecule has 1 aromatic heterocycles. The van der Waals surface area contributed by atoms with E-state index in [2.05, 4.69) is 9.88 Å². The van der Waals surface area contributed by atoms with Crippen molar-refractivity contribution >= 4 is 23.2 Å². The van der Waals surface area contributed by atoms with Gasteiger partial charge in [-0.2, -0.15) is 0 Å². The van der Waals surface area contributed by atoms with Crippen molar-refractivity contribution in [2.24, 2.45) is 0 Å². The lowest BCUT2D eigenvalue weighted by atomic mass is 10.1. The third kappa shape index (κ3) is 4.16. The highest BCUT2D eigenvalue weighted by atomic mass is 16.3. The Labute approximate surface area is 191 Å². The second-order valence-electron chi connectivity index (χ2n) is 8.03. The summed E-state index contributed by atoms with van der Waals surface area (Å²) in [4.78, 5) is 27.7. The van der Waals surface area contributed by atoms with Gasteiger partial charge < -0.3 is 19.9 Å². The number of aromatic nitrogens is 1. The van der Waals surface area contributed by atoms with Crippen molar-refractivity contribution in [2.75, 3.05) is 10.2 Å². The normalized spacial score (nSPS) is 13.4. The van der Waals surface area contributed by atoms with Crippen molar-refractivity contribution < 1.29 is 14.7 Å². The van der Waals surface area contributed by atoms with E-state index in [0.717, 1.165) is 23.5 Å². The van der Waals surface area contributed by atoms with Crippen LogP contribution in [0.4, 0.5) is 11.4 Å². The summed E-state index contributed by atoms with van der Waals surface area (Å²) in [6.45, 7) is 1.20. The molecule has 0 bridgehead atoms. The van der Waals surface area contributed by atoms with Gasteiger partial charge in [-0.3, -0.25) is 9.59 Å². The molecule has 0 fully saturated rings. The monoisotopic (exact) mass is 437 g/mol. The summed E-state index contributed by atoms with van der Waals surface area (Å²) in [5.41, 5.74) is 4.60. The fourth-order valence-electron chi connectivity index (χ4n) is 4.12. The number of amides is 2. The largest absolute Gasteiger partial charge is 0.378 e. The van der Waals surface area contributed by atoms with Crippen LogP contribution in [0.3, 0.4) is 0 Å². The summed E-state index contributed by atoms with van der Waals surface area (Å²) < 4.78 is 2.16. The first-order valence-corrected chi connectivity index (χ1v) is 10.8. The highest BCUT2D eigenvalue weighted by molar-refractivity contribution is 6.07. The third-order valence-electron chi connectivity index (χ3n) is 5.87. The molecule has 0 saturated carbocycles. The minimum atomic E-state index is -1.27. The lowest BCUT2D eigenvalue weighted by molar-refractivity contribution is -0.124. The first-order chi connectivity index (χ1) is 16.1. The number of carbonyl (C=O) groups excluding carboxylic acids is 2. The molecule has 5 rings (SSSR count). The molecule has 0 radical (unpaired) electrons. The third-order valence-corrected chi connectivity index (χ3v) is 5.87. The average molecular weight is 437 g/mol. The van der Waals surface area contributed by atoms with E-state index >= 15 is 0 Å². The maximum Gasteiger partial charge on any atom is 0.258 e. The Kier molecular flexibility index (Phi) is 5.50. The molecule has 164 valence electrons. The summed E-state index contributed by atoms with van der Waals surface area (Å²) in [5.74, 6) is -0.637. The second kappa shape index (κ2) is 8.76. The fourth-order valence-corrected chi connectivity index (χ4v) is 4.12. The molecule has 4 aromatic rings. The molecule has 1 aliphatic heterocycles. The Bertz CT molecular complexity index is 1300. The van der Waals surface area contributed by atoms with Crippen molar-refractivity contribution in [3.8, 4) is 0 Å². The fraction of sp³-hybridized carbons (Fsp3) is 0.111. The topological polar surface area (TPSA) is 74.6 Å². The summed E-state index contributed by atoms with van der Waals surface area (Å²) in [7, 11) is 0. The Morgan fingerprint density at radius 1 is 0.818 bits per heavy atom. The van der Waals surface area contributed by atoms with Crippen LogP contribution >= 0.6 is 0 Å². The zero-order valence-corrected chi connectivity index (χ0v) is 17.9. The summed E-state index contributed by atoms with van der Waals surface area (Å²) >= 11 is 0. The number of carbonyl (C=O) groups is 2. The van der Waals surface area contributed by atoms with Gasteiger partial charge in [0.2, 0.25) is 0 Å². The SMILES string of the molecule is O=C(Nc1ccc(C(=O)N2Cc3cccn3Cc3ccccc32)cc1)C(O)c1ccccc1. The molecule has 1 aliphatic rings. The van der Waals surface area contributed by atoms with Crippen molar-refractivity contribution in [3.05, 3.63) is 120 Å². The van der Waals surface area contributed by atoms with Crippen LogP contribution in [0.1, 0.15) is 33.3 Å². The van der Waals surface area contributed by atoms with Gasteiger partial charge in [0.25, 0.3) is 11.8 Å². The smallest absolute Gasteiger partial charge is 0.258 e. The van der Waals surface area contributed by atoms with Crippen LogP contribution < -0.4 is 10.2 Å². The number of nitrogens with zero attached hydrogens (tertiary/aromatic N) is 2. The van der Waals surface area contributed by atoms with E-state index in [1.807, 2.05) is 48.7 Å². The highest BCUT2D eigenvalue weighted by Crippen LogP contribution is 2.29. The van der Waals surface area contributed by atoms with Gasteiger partial charge in [-0.1, -0.05) is 48.5 Å². The van der Waals surface area contributed by atoms with Crippen LogP contribution in [0.2, 0.25) is 0 Å². The Morgan fingerprint density at radius 3 is 2.33 bits per heavy atom. The van der Waals surface area contributed by atoms with Crippen LogP contribution in [-0.2, 0) is 17.9 Å². The van der Waals surface area contributed by atoms with Gasteiger partial charge >= 0.3 is 0 Å². The molecule has 2 N–H and O–H groups in total. The van der Waals surface area contributed by atoms with Gasteiger partial charge in [-0.05, 0) is 53.6 Å². The summed E-state index contributed by atoms with van der Waals surface area (Å²) in [5, 5.41) is 13.0. The lowest BCUT2D eigenvalue weighted by Gasteiger charge is -2.23. The van der Waals surface area contributed by atoms with E-state index in [9.17, 15) is 14.7 Å². The number of anilines is 2. The van der Waals surface area contributed by atoms with E-state index in [1.165, 1.54) is 0 Å². The predicted molar refractivity (Wildman–Crippen MR) is 127 cm³/mol. The average Bonchev–Trinajstić information content (AvgIpc) is 3.23. The molecule has 6 nitrogen and oxygen atoms in total. The molecule has 2 heterocycles. The first-order valence-electron chi connectivity index (χ1n) is 10.8. The van der Waals surface area contributed by atoms with Crippen LogP contribution in [-0.4, -0.2) is 21.5 Å². The van der Waals surface area contributed by atoms with Crippen molar-refractivity contribution in [1.82, 2.24) is 4.57 Å². The Hall–Kier alpha value is -4.16. The van der Waals surface area contributed by atoms with Crippen molar-refractivity contribution in [1.29, 1.82) is 0 Å². The zero-order valence-electron chi connectivity index (χ0n) is 17.9. The quantitative estimate of drug-likeness (QED) is 0.498. The van der Waals surface area contributed by atoms with E-state index < -0.39 is 12.0 Å². The van der Waals surface area contributed by atoms with Gasteiger partial charge in [-0.25, -0.2) is 0 Å². The van der Waals surface area contributed by atoms with Gasteiger partial charge in [0, 0.05) is 35.4 Å². The number of rotatable bonds is 4. The number of fused-ring (bicyclic) bond motifs is 2. The second-order valence-corrected chi connectivity index (χ2v) is 8.03. The van der Waals surface area contributed by atoms with Gasteiger partial charge in [-0.15, -0.1) is 0 Å². The van der Waals surface area contributed by atoms with E-state index in [-0.39, 0.29) is 5.91 Å². The number of para-hydroxylation sites is 1. The molecule has 0 aliphatic carbocycles. The van der Waals surface area contributed by atoms with Gasteiger partial charge in [0.15, 0.2) is 6.10 Å². The number of benzene rings is 3. The lowest BCUT2D eigenvalue weighted by Crippen LogP contribution is -2.30. The molecule has 2 amide bonds. The van der Waals surface area contributed by atoms with Crippen LogP contribution in [0.5, 0.6) is 0 Å². The van der Waals surface area contributed by atoms with Gasteiger partial charge in [0.05, 0.1) is 6.54 Å². The van der Waals surface area contributed by atoms with Crippen molar-refractivity contribution in [2.45, 2.75) is 19.2 Å². The number of hydrogen-bond donors (Lipinski definition) is 2. The highest BCUT2D eigenvalue weighted by Gasteiger charge is 2.25. The van der Waals surface area contributed by atoms with Crippen molar-refractivity contribution in [3.63, 3.8) is 0 Å². The van der Waals surface area contributed by atoms with Crippen LogP contribution in [0.25, 0.3) is 0 Å². The van der Waals surface area contributed by atoms with Crippen LogP contribution in [0.15, 0.2) is 97.2 Å². The molecule has 1 atom stereocenters. The molecule has 0 spiro atoms. The molecule has 6 heteroatoms. The van der Waals surface area contributed by atoms with E-state index in [4.69, 9.17) is 0 Å². The molecule has 0 saturated heterocycles. The summed E-state index contributed by atoms with van der Waals surface area (Å²) in [6, 6.07) is 27.5. The van der Waals surface area contributed by atoms with Gasteiger partial charge in [0.1, 0.15) is 0 Å². The predicted octanol–water partition coefficient (Wildman–Crippen LogP) is 4.37. The molecule has 3 aromatic carbocycles. The van der Waals surface area contributed by atoms with E-state index in [0.29, 0.717) is 23.4 Å². The Morgan fingerprint density at radius 2 is 1.55 bits per heavy atom. The summed E-state index contributed by atoms with van der Waals surface area (Å²) in [6.07, 6.45) is 0.763. The molecule has 1 unspecified atom stereocenters. The molecular formula is C27H23N3O3. The molecule has 33 heavy (non-hydrogen) atoms. The maximum atomic E-state index is 13.5. The number of aliphatic hydroxyl groups is 1. The standard InChI is InChI=1S/C27H23N3O3/c31-25(19-7-2-1-3-8-19)26(32)28-22-14-12-20(13-15-22)27(33)30-18-23-10-6-16-29(23)17-21-9-4-5-11-24(21)30/h1-16,25,31H,17-18H2,(H,28,32). The number of hydrogen-bond acceptors (Lipinski definition) is 3. The van der Waals surface area contributed by atoms with E-state index in [1.54, 1.807) is 53.4 Å². The minimum absolute atomic E-state index is 0.112. The first kappa shape index (κ1) is 20.7. The maximum absolute atomic E-state index is 13.5. The number of aliphatic hydroxyl groups excluding tert-OH is 1. The minimum Gasteiger partial charge on any atom is -0.378 e. The Balaban J connectivity index is 1.35. The van der Waals surface area contributed by atoms with Crippen LogP contribution in [0, 0.1) is 0 Å². The number of nitrogens with one attached hydrogen (secondary N) is 1. The molecular weight excluding hydrogens is 414 g/mol. The zero-order chi connectivity index (χ0) is 22.8.